The summed E-state index contributed by atoms with van der Waals surface area (Å²) in [6.45, 7) is 2.68. The second-order valence-corrected chi connectivity index (χ2v) is 5.41. The molecule has 0 bridgehead atoms. The Hall–Kier alpha value is -0.800. The Labute approximate surface area is 112 Å². The van der Waals surface area contributed by atoms with Gasteiger partial charge in [0.15, 0.2) is 0 Å². The van der Waals surface area contributed by atoms with E-state index in [1.165, 1.54) is 25.0 Å². The van der Waals surface area contributed by atoms with Gasteiger partial charge in [-0.3, -0.25) is 0 Å². The van der Waals surface area contributed by atoms with Gasteiger partial charge in [-0.15, -0.1) is 0 Å². The van der Waals surface area contributed by atoms with E-state index in [1.54, 1.807) is 0 Å². The van der Waals surface area contributed by atoms with Gasteiger partial charge < -0.3 is 10.5 Å². The molecule has 0 heterocycles. The molecule has 1 fully saturated rings. The highest BCUT2D eigenvalue weighted by atomic mass is 35.5. The maximum Gasteiger partial charge on any atom is 0.141 e. The first-order valence-electron chi connectivity index (χ1n) is 6.46. The van der Waals surface area contributed by atoms with Crippen LogP contribution in [0.4, 0.5) is 4.39 Å². The first-order valence-corrected chi connectivity index (χ1v) is 6.84. The molecule has 0 spiro atoms. The van der Waals surface area contributed by atoms with Crippen LogP contribution in [-0.2, 0) is 6.42 Å². The van der Waals surface area contributed by atoms with Gasteiger partial charge in [-0.1, -0.05) is 18.5 Å². The second kappa shape index (κ2) is 5.89. The van der Waals surface area contributed by atoms with Crippen LogP contribution in [0.25, 0.3) is 0 Å². The van der Waals surface area contributed by atoms with E-state index in [9.17, 15) is 4.39 Å². The molecule has 2 rings (SSSR count). The average Bonchev–Trinajstić information content (AvgIpc) is 3.11. The van der Waals surface area contributed by atoms with Crippen molar-refractivity contribution in [2.24, 2.45) is 11.7 Å². The van der Waals surface area contributed by atoms with Crippen LogP contribution >= 0.6 is 11.6 Å². The zero-order valence-electron chi connectivity index (χ0n) is 10.6. The summed E-state index contributed by atoms with van der Waals surface area (Å²) in [7, 11) is 0. The Bertz CT molecular complexity index is 421. The van der Waals surface area contributed by atoms with Crippen molar-refractivity contribution in [1.82, 2.24) is 0 Å². The molecule has 2 N–H and O–H groups in total. The Morgan fingerprint density at radius 1 is 1.50 bits per heavy atom. The minimum absolute atomic E-state index is 0.00569. The fraction of sp³-hybridized carbons (Fsp3) is 0.571. The van der Waals surface area contributed by atoms with E-state index in [1.807, 2.05) is 6.92 Å². The lowest BCUT2D eigenvalue weighted by Gasteiger charge is -2.16. The molecule has 1 unspecified atom stereocenters. The van der Waals surface area contributed by atoms with Gasteiger partial charge in [-0.05, 0) is 43.7 Å². The molecule has 0 aliphatic heterocycles. The Morgan fingerprint density at radius 3 is 2.83 bits per heavy atom. The van der Waals surface area contributed by atoms with E-state index < -0.39 is 0 Å². The summed E-state index contributed by atoms with van der Waals surface area (Å²) in [6.07, 6.45) is 3.86. The monoisotopic (exact) mass is 271 g/mol. The molecule has 1 aliphatic rings. The molecule has 1 saturated carbocycles. The Balaban J connectivity index is 2.16. The molecular weight excluding hydrogens is 253 g/mol. The number of hydrogen-bond acceptors (Lipinski definition) is 2. The summed E-state index contributed by atoms with van der Waals surface area (Å²) >= 11 is 6.06. The SMILES string of the molecule is CCC(N)Cc1cc(F)cc(Cl)c1OCC1CC1. The van der Waals surface area contributed by atoms with Crippen molar-refractivity contribution in [3.63, 3.8) is 0 Å². The van der Waals surface area contributed by atoms with Gasteiger partial charge in [0.2, 0.25) is 0 Å². The average molecular weight is 272 g/mol. The highest BCUT2D eigenvalue weighted by molar-refractivity contribution is 6.32. The summed E-state index contributed by atoms with van der Waals surface area (Å²) in [6, 6.07) is 2.78. The van der Waals surface area contributed by atoms with Crippen molar-refractivity contribution < 1.29 is 9.13 Å². The van der Waals surface area contributed by atoms with Gasteiger partial charge in [0.05, 0.1) is 11.6 Å². The number of ether oxygens (including phenoxy) is 1. The molecular formula is C14H19ClFNO. The van der Waals surface area contributed by atoms with E-state index in [0.717, 1.165) is 12.0 Å². The van der Waals surface area contributed by atoms with Crippen molar-refractivity contribution in [2.75, 3.05) is 6.61 Å². The molecule has 18 heavy (non-hydrogen) atoms. The summed E-state index contributed by atoms with van der Waals surface area (Å²) in [5, 5.41) is 0.342. The maximum absolute atomic E-state index is 13.4. The smallest absolute Gasteiger partial charge is 0.141 e. The minimum Gasteiger partial charge on any atom is -0.491 e. The van der Waals surface area contributed by atoms with Crippen LogP contribution in [0.1, 0.15) is 31.7 Å². The molecule has 1 aromatic carbocycles. The second-order valence-electron chi connectivity index (χ2n) is 5.00. The topological polar surface area (TPSA) is 35.2 Å². The van der Waals surface area contributed by atoms with Crippen molar-refractivity contribution in [3.8, 4) is 5.75 Å². The maximum atomic E-state index is 13.4. The van der Waals surface area contributed by atoms with E-state index >= 15 is 0 Å². The summed E-state index contributed by atoms with van der Waals surface area (Å²) < 4.78 is 19.1. The van der Waals surface area contributed by atoms with Crippen LogP contribution in [0.15, 0.2) is 12.1 Å². The third-order valence-corrected chi connectivity index (χ3v) is 3.53. The van der Waals surface area contributed by atoms with E-state index in [-0.39, 0.29) is 11.9 Å². The summed E-state index contributed by atoms with van der Waals surface area (Å²) in [4.78, 5) is 0. The van der Waals surface area contributed by atoms with E-state index in [2.05, 4.69) is 0 Å². The van der Waals surface area contributed by atoms with Gasteiger partial charge >= 0.3 is 0 Å². The fourth-order valence-corrected chi connectivity index (χ4v) is 2.12. The van der Waals surface area contributed by atoms with Crippen LogP contribution in [0, 0.1) is 11.7 Å². The summed E-state index contributed by atoms with van der Waals surface area (Å²) in [5.41, 5.74) is 6.69. The van der Waals surface area contributed by atoms with Crippen LogP contribution in [0.2, 0.25) is 5.02 Å². The number of benzene rings is 1. The van der Waals surface area contributed by atoms with E-state index in [4.69, 9.17) is 22.1 Å². The zero-order chi connectivity index (χ0) is 13.1. The van der Waals surface area contributed by atoms with Crippen molar-refractivity contribution in [1.29, 1.82) is 0 Å². The number of halogens is 2. The lowest BCUT2D eigenvalue weighted by Crippen LogP contribution is -2.22. The molecule has 100 valence electrons. The molecule has 0 aromatic heterocycles. The van der Waals surface area contributed by atoms with Crippen LogP contribution in [0.5, 0.6) is 5.75 Å². The Morgan fingerprint density at radius 2 is 2.22 bits per heavy atom. The number of nitrogens with two attached hydrogens (primary N) is 1. The first-order chi connectivity index (χ1) is 8.60. The van der Waals surface area contributed by atoms with Crippen LogP contribution in [-0.4, -0.2) is 12.6 Å². The summed E-state index contributed by atoms with van der Waals surface area (Å²) in [5.74, 6) is 0.907. The third-order valence-electron chi connectivity index (χ3n) is 3.25. The predicted octanol–water partition coefficient (Wildman–Crippen LogP) is 3.55. The largest absolute Gasteiger partial charge is 0.491 e. The highest BCUT2D eigenvalue weighted by Crippen LogP contribution is 2.34. The van der Waals surface area contributed by atoms with Gasteiger partial charge in [0.1, 0.15) is 11.6 Å². The Kier molecular flexibility index (Phi) is 4.46. The molecule has 0 radical (unpaired) electrons. The van der Waals surface area contributed by atoms with Crippen LogP contribution in [0.3, 0.4) is 0 Å². The first kappa shape index (κ1) is 13.6. The van der Waals surface area contributed by atoms with Crippen LogP contribution < -0.4 is 10.5 Å². The zero-order valence-corrected chi connectivity index (χ0v) is 11.3. The van der Waals surface area contributed by atoms with Gasteiger partial charge in [0, 0.05) is 11.6 Å². The molecule has 0 saturated heterocycles. The van der Waals surface area contributed by atoms with Crippen molar-refractivity contribution in [2.45, 2.75) is 38.6 Å². The quantitative estimate of drug-likeness (QED) is 0.859. The number of rotatable bonds is 6. The lowest BCUT2D eigenvalue weighted by molar-refractivity contribution is 0.295. The van der Waals surface area contributed by atoms with Gasteiger partial charge in [0.25, 0.3) is 0 Å². The van der Waals surface area contributed by atoms with Gasteiger partial charge in [-0.25, -0.2) is 4.39 Å². The molecule has 1 atom stereocenters. The third kappa shape index (κ3) is 3.59. The molecule has 4 heteroatoms. The van der Waals surface area contributed by atoms with Crippen molar-refractivity contribution in [3.05, 3.63) is 28.5 Å². The minimum atomic E-state index is -0.336. The normalized spacial score (nSPS) is 16.7. The highest BCUT2D eigenvalue weighted by Gasteiger charge is 2.23. The molecule has 2 nitrogen and oxygen atoms in total. The molecule has 0 amide bonds. The lowest BCUT2D eigenvalue weighted by atomic mass is 10.0. The predicted molar refractivity (Wildman–Crippen MR) is 71.6 cm³/mol. The van der Waals surface area contributed by atoms with Crippen molar-refractivity contribution >= 4 is 11.6 Å². The standard InChI is InChI=1S/C14H19ClFNO/c1-2-12(17)6-10-5-11(16)7-13(15)14(10)18-8-9-3-4-9/h5,7,9,12H,2-4,6,8,17H2,1H3. The number of hydrogen-bond donors (Lipinski definition) is 1. The van der Waals surface area contributed by atoms with Gasteiger partial charge in [-0.2, -0.15) is 0 Å². The molecule has 1 aliphatic carbocycles. The fourth-order valence-electron chi connectivity index (χ4n) is 1.84. The molecule has 1 aromatic rings. The van der Waals surface area contributed by atoms with E-state index in [0.29, 0.717) is 29.7 Å².